The molecule has 0 saturated heterocycles. The summed E-state index contributed by atoms with van der Waals surface area (Å²) in [6.07, 6.45) is 0. The second kappa shape index (κ2) is 378. The van der Waals surface area contributed by atoms with E-state index in [0.717, 1.165) is 0 Å². The molecule has 0 spiro atoms. The first-order valence-corrected chi connectivity index (χ1v) is 4.00. The van der Waals surface area contributed by atoms with Crippen LogP contribution in [-0.4, -0.2) is 0 Å². The van der Waals surface area contributed by atoms with Crippen molar-refractivity contribution in [2.75, 3.05) is 0 Å². The summed E-state index contributed by atoms with van der Waals surface area (Å²) in [7, 11) is 0. The molecule has 0 aromatic carbocycles. The Labute approximate surface area is 531 Å². The second-order valence-electron chi connectivity index (χ2n) is 0. The summed E-state index contributed by atoms with van der Waals surface area (Å²) < 4.78 is 0. The van der Waals surface area contributed by atoms with E-state index < -0.39 is 0 Å². The molecule has 167 valence electrons. The Morgan fingerprint density at radius 3 is 0.133 bits per heavy atom. The topological polar surface area (TPSA) is 0 Å². The third-order valence-electron chi connectivity index (χ3n) is 0. The van der Waals surface area contributed by atoms with Gasteiger partial charge in [-0.2, -0.15) is 0 Å². The Kier molecular flexibility index (Phi) is 3110. The zero-order valence-corrected chi connectivity index (χ0v) is 61.4. The molecule has 13 heteroatoms. The number of hydrogen-bond acceptors (Lipinski definition) is 0. The normalized spacial score (nSPS) is 0.800. The molecule has 0 heterocycles. The molecule has 0 aromatic heterocycles. The van der Waals surface area contributed by atoms with E-state index in [-0.39, 0.29) is 492 Å². The van der Waals surface area contributed by atoms with Gasteiger partial charge in [0.1, 0.15) is 0 Å². The van der Waals surface area contributed by atoms with Crippen LogP contribution in [0.15, 0.2) is 0 Å². The Hall–Kier alpha value is 14.4. The van der Waals surface area contributed by atoms with E-state index in [2.05, 4.69) is 0 Å². The van der Waals surface area contributed by atoms with Crippen LogP contribution >= 0.6 is 0 Å². The molecule has 0 aliphatic heterocycles. The minimum absolute atomic E-state index is 0. The molecular formula is C17H51Y13-9. The quantitative estimate of drug-likeness (QED) is 0.215. The van der Waals surface area contributed by atoms with Gasteiger partial charge in [-0.3, -0.25) is 0 Å². The van der Waals surface area contributed by atoms with E-state index in [0.29, 0.717) is 0 Å². The molecule has 0 unspecified atom stereocenters. The fourth-order valence-corrected chi connectivity index (χ4v) is 0. The van der Waals surface area contributed by atoms with Gasteiger partial charge in [0.15, 0.2) is 0 Å². The van der Waals surface area contributed by atoms with Crippen molar-refractivity contribution in [1.29, 1.82) is 0 Å². The zero-order chi connectivity index (χ0) is 8.00. The first-order chi connectivity index (χ1) is 4.00. The maximum absolute atomic E-state index is 2.00. The molecule has 0 bridgehead atoms. The van der Waals surface area contributed by atoms with E-state index in [1.54, 1.807) is 0 Å². The van der Waals surface area contributed by atoms with Crippen LogP contribution in [0.3, 0.4) is 0 Å². The third-order valence-corrected chi connectivity index (χ3v) is 0. The van der Waals surface area contributed by atoms with Gasteiger partial charge in [-0.1, -0.05) is 55.4 Å². The summed E-state index contributed by atoms with van der Waals surface area (Å²) in [5, 5.41) is 0. The molecule has 0 amide bonds. The van der Waals surface area contributed by atoms with Gasteiger partial charge >= 0.3 is 0 Å². The third kappa shape index (κ3) is 352. The Morgan fingerprint density at radius 2 is 0.133 bits per heavy atom. The largest absolute Gasteiger partial charge is 0.358 e. The Balaban J connectivity index is -0.000000000238. The number of hydrogen-bond donors (Lipinski definition) is 0. The minimum atomic E-state index is 0. The summed E-state index contributed by atoms with van der Waals surface area (Å²) in [4.78, 5) is 0. The fourth-order valence-electron chi connectivity index (χ4n) is 0. The molecule has 0 fully saturated rings. The fraction of sp³-hybridized carbons (Fsp3) is 0.471. The molecule has 0 saturated carbocycles. The van der Waals surface area contributed by atoms with Gasteiger partial charge in [0.05, 0.1) is 0 Å². The Morgan fingerprint density at radius 1 is 0.133 bits per heavy atom. The summed E-state index contributed by atoms with van der Waals surface area (Å²) in [5.41, 5.74) is 0. The van der Waals surface area contributed by atoms with Crippen LogP contribution in [0.25, 0.3) is 0 Å². The molecule has 0 N–H and O–H groups in total. The van der Waals surface area contributed by atoms with Gasteiger partial charge < -0.3 is 66.8 Å². The second-order valence-corrected chi connectivity index (χ2v) is 0. The van der Waals surface area contributed by atoms with Crippen molar-refractivity contribution < 1.29 is 425 Å². The first-order valence-electron chi connectivity index (χ1n) is 4.00. The first kappa shape index (κ1) is 248. The Bertz CT molecular complexity index is 29.6. The van der Waals surface area contributed by atoms with Crippen molar-refractivity contribution in [3.05, 3.63) is 66.8 Å². The average molecular weight is 1410 g/mol. The average Bonchev–Trinajstić information content (AvgIpc) is 2.03. The van der Waals surface area contributed by atoms with E-state index in [1.807, 2.05) is 55.4 Å². The van der Waals surface area contributed by atoms with Gasteiger partial charge in [0, 0.05) is 425 Å². The summed E-state index contributed by atoms with van der Waals surface area (Å²) in [6.45, 7) is 16.0. The van der Waals surface area contributed by atoms with Gasteiger partial charge in [-0.25, -0.2) is 0 Å². The van der Waals surface area contributed by atoms with Crippen molar-refractivity contribution in [2.24, 2.45) is 0 Å². The monoisotopic (exact) mass is 1410 g/mol. The summed E-state index contributed by atoms with van der Waals surface area (Å²) in [5.74, 6) is 0. The standard InChI is InChI=1S/4C2H6.9CH3.13Y/c4*1-2;;;;;;;;;;;;;;;;;;;;;;/h4*1-2H3;9*1H3;;;;;;;;;;;;;/q;;;;9*-1;;;;;;;;;;;;;. The molecule has 0 nitrogen and oxygen atoms in total. The van der Waals surface area contributed by atoms with Crippen LogP contribution in [0.1, 0.15) is 55.4 Å². The van der Waals surface area contributed by atoms with Gasteiger partial charge in [0.2, 0.25) is 0 Å². The molecule has 13 radical (unpaired) electrons. The molecule has 0 aliphatic carbocycles. The molecule has 0 aliphatic rings. The van der Waals surface area contributed by atoms with Crippen molar-refractivity contribution in [3.63, 3.8) is 0 Å². The van der Waals surface area contributed by atoms with E-state index >= 15 is 0 Å². The zero-order valence-electron chi connectivity index (χ0n) is 24.5. The van der Waals surface area contributed by atoms with Gasteiger partial charge in [0.25, 0.3) is 0 Å². The van der Waals surface area contributed by atoms with Crippen molar-refractivity contribution in [3.8, 4) is 0 Å². The number of rotatable bonds is 0. The molecular weight excluding hydrogens is 1360 g/mol. The van der Waals surface area contributed by atoms with Crippen LogP contribution in [0.2, 0.25) is 0 Å². The maximum atomic E-state index is 2.00. The van der Waals surface area contributed by atoms with Crippen LogP contribution in [0.5, 0.6) is 0 Å². The van der Waals surface area contributed by atoms with Crippen LogP contribution in [-0.2, 0) is 425 Å². The minimum Gasteiger partial charge on any atom is -0.358 e. The van der Waals surface area contributed by atoms with E-state index in [1.165, 1.54) is 0 Å². The molecule has 0 atom stereocenters. The summed E-state index contributed by atoms with van der Waals surface area (Å²) in [6, 6.07) is 0. The van der Waals surface area contributed by atoms with Gasteiger partial charge in [-0.05, 0) is 0 Å². The molecule has 0 aromatic rings. The van der Waals surface area contributed by atoms with Crippen molar-refractivity contribution >= 4 is 0 Å². The van der Waals surface area contributed by atoms with Crippen molar-refractivity contribution in [1.82, 2.24) is 0 Å². The smallest absolute Gasteiger partial charge is 0 e. The van der Waals surface area contributed by atoms with Crippen LogP contribution in [0.4, 0.5) is 0 Å². The molecule has 0 rings (SSSR count). The predicted octanol–water partition coefficient (Wildman–Crippen LogP) is 8.12. The predicted molar refractivity (Wildman–Crippen MR) is 103 cm³/mol. The van der Waals surface area contributed by atoms with Gasteiger partial charge in [-0.15, -0.1) is 0 Å². The van der Waals surface area contributed by atoms with Crippen LogP contribution < -0.4 is 0 Å². The SMILES string of the molecule is CC.CC.CC.CC.[CH3-].[CH3-].[CH3-].[CH3-].[CH3-].[CH3-].[CH3-].[CH3-].[CH3-].[Y].[Y].[Y].[Y].[Y].[Y].[Y].[Y].[Y].[Y].[Y].[Y].[Y]. The van der Waals surface area contributed by atoms with E-state index in [9.17, 15) is 0 Å². The van der Waals surface area contributed by atoms with Crippen molar-refractivity contribution in [2.45, 2.75) is 55.4 Å². The molecule has 30 heavy (non-hydrogen) atoms. The van der Waals surface area contributed by atoms with Crippen LogP contribution in [0, 0.1) is 66.8 Å². The maximum Gasteiger partial charge on any atom is 0 e. The van der Waals surface area contributed by atoms with E-state index in [4.69, 9.17) is 0 Å². The summed E-state index contributed by atoms with van der Waals surface area (Å²) >= 11 is 0.